The number of nitrogens with zero attached hydrogens (tertiary/aromatic N) is 2. The van der Waals surface area contributed by atoms with Crippen LogP contribution >= 0.6 is 0 Å². The third kappa shape index (κ3) is 2.08. The number of carbonyl (C=O) groups excluding carboxylic acids is 1. The maximum atomic E-state index is 11.3. The van der Waals surface area contributed by atoms with Gasteiger partial charge in [0.25, 0.3) is 0 Å². The first kappa shape index (κ1) is 10.7. The second-order valence-electron chi connectivity index (χ2n) is 4.03. The van der Waals surface area contributed by atoms with Gasteiger partial charge in [0.15, 0.2) is 0 Å². The Balaban J connectivity index is 2.26. The summed E-state index contributed by atoms with van der Waals surface area (Å²) in [7, 11) is 0. The summed E-state index contributed by atoms with van der Waals surface area (Å²) in [5.41, 5.74) is 11.0. The van der Waals surface area contributed by atoms with Gasteiger partial charge >= 0.3 is 0 Å². The molecule has 1 fully saturated rings. The van der Waals surface area contributed by atoms with Crippen molar-refractivity contribution < 1.29 is 4.79 Å². The number of nitrogens with two attached hydrogens (primary N) is 2. The van der Waals surface area contributed by atoms with Gasteiger partial charge in [0.05, 0.1) is 0 Å². The molecule has 4 N–H and O–H groups in total. The molecule has 1 unspecified atom stereocenters. The smallest absolute Gasteiger partial charge is 0.240 e. The van der Waals surface area contributed by atoms with Crippen molar-refractivity contribution in [2.75, 3.05) is 17.2 Å². The molecule has 1 aromatic heterocycles. The van der Waals surface area contributed by atoms with Gasteiger partial charge in [0.2, 0.25) is 5.91 Å². The van der Waals surface area contributed by atoms with Gasteiger partial charge in [0.1, 0.15) is 17.7 Å². The molecule has 2 rings (SSSR count). The average molecular weight is 220 g/mol. The number of hydrogen-bond donors (Lipinski definition) is 2. The molecule has 1 amide bonds. The summed E-state index contributed by atoms with van der Waals surface area (Å²) in [5, 5.41) is 0. The van der Waals surface area contributed by atoms with Crippen LogP contribution in [0.4, 0.5) is 11.6 Å². The first-order valence-corrected chi connectivity index (χ1v) is 5.47. The van der Waals surface area contributed by atoms with Crippen LogP contribution in [0.2, 0.25) is 0 Å². The van der Waals surface area contributed by atoms with Gasteiger partial charge in [-0.25, -0.2) is 4.98 Å². The molecule has 2 heterocycles. The Morgan fingerprint density at radius 2 is 2.25 bits per heavy atom. The molecule has 0 aromatic carbocycles. The molecule has 0 bridgehead atoms. The number of rotatable bonds is 2. The number of hydrogen-bond acceptors (Lipinski definition) is 4. The van der Waals surface area contributed by atoms with Gasteiger partial charge < -0.3 is 16.4 Å². The van der Waals surface area contributed by atoms with Crippen LogP contribution in [0.15, 0.2) is 18.2 Å². The summed E-state index contributed by atoms with van der Waals surface area (Å²) in [4.78, 5) is 17.5. The predicted octanol–water partition coefficient (Wildman–Crippen LogP) is 0.508. The Morgan fingerprint density at radius 3 is 2.94 bits per heavy atom. The van der Waals surface area contributed by atoms with Crippen molar-refractivity contribution in [3.63, 3.8) is 0 Å². The van der Waals surface area contributed by atoms with Crippen LogP contribution in [-0.2, 0) is 4.79 Å². The average Bonchev–Trinajstić information content (AvgIpc) is 2.29. The van der Waals surface area contributed by atoms with E-state index >= 15 is 0 Å². The van der Waals surface area contributed by atoms with Crippen LogP contribution in [0.1, 0.15) is 19.3 Å². The number of amides is 1. The summed E-state index contributed by atoms with van der Waals surface area (Å²) >= 11 is 0. The van der Waals surface area contributed by atoms with Crippen molar-refractivity contribution in [1.29, 1.82) is 0 Å². The molecule has 0 saturated carbocycles. The van der Waals surface area contributed by atoms with Crippen molar-refractivity contribution in [1.82, 2.24) is 4.98 Å². The highest BCUT2D eigenvalue weighted by Gasteiger charge is 2.27. The number of aromatic nitrogens is 1. The number of primary amides is 1. The van der Waals surface area contributed by atoms with Crippen LogP contribution in [0.3, 0.4) is 0 Å². The summed E-state index contributed by atoms with van der Waals surface area (Å²) in [6.45, 7) is 0.810. The molecule has 1 aliphatic heterocycles. The zero-order valence-electron chi connectivity index (χ0n) is 9.10. The Labute approximate surface area is 94.4 Å². The third-order valence-corrected chi connectivity index (χ3v) is 2.88. The second kappa shape index (κ2) is 4.38. The van der Waals surface area contributed by atoms with Crippen molar-refractivity contribution in [2.45, 2.75) is 25.3 Å². The molecular formula is C11H16N4O. The summed E-state index contributed by atoms with van der Waals surface area (Å²) in [6.07, 6.45) is 2.89. The highest BCUT2D eigenvalue weighted by atomic mass is 16.1. The van der Waals surface area contributed by atoms with E-state index in [1.54, 1.807) is 6.07 Å². The lowest BCUT2D eigenvalue weighted by molar-refractivity contribution is -0.119. The minimum absolute atomic E-state index is 0.247. The van der Waals surface area contributed by atoms with E-state index in [-0.39, 0.29) is 11.9 Å². The second-order valence-corrected chi connectivity index (χ2v) is 4.03. The molecular weight excluding hydrogens is 204 g/mol. The maximum Gasteiger partial charge on any atom is 0.240 e. The van der Waals surface area contributed by atoms with Gasteiger partial charge in [0, 0.05) is 6.54 Å². The number of anilines is 2. The van der Waals surface area contributed by atoms with E-state index in [1.165, 1.54) is 0 Å². The van der Waals surface area contributed by atoms with Gasteiger partial charge in [-0.1, -0.05) is 6.07 Å². The Hall–Kier alpha value is -1.78. The number of nitrogen functional groups attached to an aromatic ring is 1. The van der Waals surface area contributed by atoms with Gasteiger partial charge in [-0.3, -0.25) is 4.79 Å². The van der Waals surface area contributed by atoms with Crippen molar-refractivity contribution in [2.24, 2.45) is 5.73 Å². The van der Waals surface area contributed by atoms with E-state index in [1.807, 2.05) is 17.0 Å². The molecule has 86 valence electrons. The fourth-order valence-corrected chi connectivity index (χ4v) is 2.10. The van der Waals surface area contributed by atoms with Crippen molar-refractivity contribution >= 4 is 17.5 Å². The summed E-state index contributed by atoms with van der Waals surface area (Å²) in [5.74, 6) is 0.915. The zero-order chi connectivity index (χ0) is 11.5. The zero-order valence-corrected chi connectivity index (χ0v) is 9.10. The Bertz CT molecular complexity index is 393. The fraction of sp³-hybridized carbons (Fsp3) is 0.455. The lowest BCUT2D eigenvalue weighted by Gasteiger charge is -2.34. The highest BCUT2D eigenvalue weighted by molar-refractivity contribution is 5.83. The van der Waals surface area contributed by atoms with Gasteiger partial charge in [-0.2, -0.15) is 0 Å². The summed E-state index contributed by atoms with van der Waals surface area (Å²) < 4.78 is 0. The van der Waals surface area contributed by atoms with Gasteiger partial charge in [-0.05, 0) is 31.4 Å². The number of carbonyl (C=O) groups is 1. The molecule has 0 radical (unpaired) electrons. The van der Waals surface area contributed by atoms with E-state index in [4.69, 9.17) is 11.5 Å². The predicted molar refractivity (Wildman–Crippen MR) is 62.8 cm³/mol. The standard InChI is InChI=1S/C11H16N4O/c12-9-5-3-6-10(14-9)15-7-2-1-4-8(15)11(13)16/h3,5-6,8H,1-2,4,7H2,(H2,12,14)(H2,13,16). The minimum atomic E-state index is -0.288. The van der Waals surface area contributed by atoms with Crippen molar-refractivity contribution in [3.8, 4) is 0 Å². The van der Waals surface area contributed by atoms with Crippen LogP contribution in [0.5, 0.6) is 0 Å². The van der Waals surface area contributed by atoms with E-state index in [2.05, 4.69) is 4.98 Å². The highest BCUT2D eigenvalue weighted by Crippen LogP contribution is 2.23. The maximum absolute atomic E-state index is 11.3. The largest absolute Gasteiger partial charge is 0.384 e. The first-order chi connectivity index (χ1) is 7.68. The van der Waals surface area contributed by atoms with Crippen molar-refractivity contribution in [3.05, 3.63) is 18.2 Å². The molecule has 0 aliphatic carbocycles. The molecule has 1 atom stereocenters. The minimum Gasteiger partial charge on any atom is -0.384 e. The third-order valence-electron chi connectivity index (χ3n) is 2.88. The van der Waals surface area contributed by atoms with Crippen LogP contribution < -0.4 is 16.4 Å². The monoisotopic (exact) mass is 220 g/mol. The fourth-order valence-electron chi connectivity index (χ4n) is 2.10. The van der Waals surface area contributed by atoms with Crippen LogP contribution in [0.25, 0.3) is 0 Å². The topological polar surface area (TPSA) is 85.2 Å². The van der Waals surface area contributed by atoms with E-state index < -0.39 is 0 Å². The molecule has 1 aromatic rings. The molecule has 1 saturated heterocycles. The summed E-state index contributed by atoms with van der Waals surface area (Å²) in [6, 6.07) is 5.18. The lowest BCUT2D eigenvalue weighted by Crippen LogP contribution is -2.48. The van der Waals surface area contributed by atoms with Gasteiger partial charge in [-0.15, -0.1) is 0 Å². The number of pyridine rings is 1. The first-order valence-electron chi connectivity index (χ1n) is 5.47. The van der Waals surface area contributed by atoms with E-state index in [0.29, 0.717) is 5.82 Å². The molecule has 16 heavy (non-hydrogen) atoms. The quantitative estimate of drug-likeness (QED) is 0.760. The molecule has 5 nitrogen and oxygen atoms in total. The molecule has 1 aliphatic rings. The molecule has 5 heteroatoms. The van der Waals surface area contributed by atoms with E-state index in [0.717, 1.165) is 31.6 Å². The van der Waals surface area contributed by atoms with Crippen LogP contribution in [-0.4, -0.2) is 23.5 Å². The lowest BCUT2D eigenvalue weighted by atomic mass is 10.0. The SMILES string of the molecule is NC(=O)C1CCCCN1c1cccc(N)n1. The Kier molecular flexibility index (Phi) is 2.94. The molecule has 0 spiro atoms. The Morgan fingerprint density at radius 1 is 1.44 bits per heavy atom. The normalized spacial score (nSPS) is 20.8. The van der Waals surface area contributed by atoms with E-state index in [9.17, 15) is 4.79 Å². The number of piperidine rings is 1. The van der Waals surface area contributed by atoms with Crippen LogP contribution in [0, 0.1) is 0 Å².